The van der Waals surface area contributed by atoms with E-state index in [4.69, 9.17) is 0 Å². The van der Waals surface area contributed by atoms with Gasteiger partial charge in [0.2, 0.25) is 0 Å². The molecule has 3 rings (SSSR count). The Hall–Kier alpha value is -2.15. The fourth-order valence-electron chi connectivity index (χ4n) is 2.63. The number of rotatable bonds is 2. The second kappa shape index (κ2) is 5.24. The molecule has 1 aromatic carbocycles. The van der Waals surface area contributed by atoms with Gasteiger partial charge >= 0.3 is 12.0 Å². The molecule has 2 aromatic rings. The summed E-state index contributed by atoms with van der Waals surface area (Å²) in [7, 11) is 0. The molecule has 7 heteroatoms. The van der Waals surface area contributed by atoms with Crippen molar-refractivity contribution in [2.24, 2.45) is 5.41 Å². The highest BCUT2D eigenvalue weighted by atomic mass is 32.1. The minimum absolute atomic E-state index is 0.232. The molecule has 0 saturated carbocycles. The fraction of sp³-hybridized carbons (Fsp3) is 0.400. The number of aliphatic carboxylic acids is 1. The Morgan fingerprint density at radius 2 is 2.23 bits per heavy atom. The van der Waals surface area contributed by atoms with Gasteiger partial charge in [0.1, 0.15) is 0 Å². The number of amides is 2. The molecule has 0 radical (unpaired) electrons. The number of benzene rings is 1. The summed E-state index contributed by atoms with van der Waals surface area (Å²) in [5.74, 6) is -0.857. The van der Waals surface area contributed by atoms with Crippen LogP contribution in [-0.4, -0.2) is 40.1 Å². The molecule has 22 heavy (non-hydrogen) atoms. The van der Waals surface area contributed by atoms with E-state index in [0.29, 0.717) is 18.7 Å². The summed E-state index contributed by atoms with van der Waals surface area (Å²) in [5.41, 5.74) is 0.765. The Morgan fingerprint density at radius 3 is 2.91 bits per heavy atom. The molecule has 2 N–H and O–H groups in total. The Morgan fingerprint density at radius 1 is 1.45 bits per heavy atom. The molecule has 1 unspecified atom stereocenters. The number of nitrogens with one attached hydrogen (secondary N) is 1. The maximum Gasteiger partial charge on any atom is 0.321 e. The van der Waals surface area contributed by atoms with Gasteiger partial charge in [0.25, 0.3) is 0 Å². The molecular formula is C15H17N3O3S. The van der Waals surface area contributed by atoms with Crippen LogP contribution in [0.3, 0.4) is 0 Å². The predicted octanol–water partition coefficient (Wildman–Crippen LogP) is 2.93. The van der Waals surface area contributed by atoms with Gasteiger partial charge in [-0.1, -0.05) is 0 Å². The lowest BCUT2D eigenvalue weighted by molar-refractivity contribution is -0.146. The third kappa shape index (κ3) is 2.64. The minimum Gasteiger partial charge on any atom is -0.481 e. The molecule has 0 spiro atoms. The Bertz CT molecular complexity index is 758. The van der Waals surface area contributed by atoms with Crippen molar-refractivity contribution in [1.82, 2.24) is 9.88 Å². The summed E-state index contributed by atoms with van der Waals surface area (Å²) >= 11 is 1.58. The fourth-order valence-corrected chi connectivity index (χ4v) is 3.50. The lowest BCUT2D eigenvalue weighted by atomic mass is 9.90. The maximum absolute atomic E-state index is 12.3. The van der Waals surface area contributed by atoms with Gasteiger partial charge in [-0.2, -0.15) is 0 Å². The average Bonchev–Trinajstić information content (AvgIpc) is 3.01. The van der Waals surface area contributed by atoms with E-state index in [1.807, 2.05) is 25.1 Å². The standard InChI is InChI=1S/C15H17N3O3S/c1-9-16-11-4-3-10(7-12(11)22-9)17-14(21)18-6-5-15(2,8-18)13(19)20/h3-4,7H,5-6,8H2,1-2H3,(H,17,21)(H,19,20). The molecular weight excluding hydrogens is 302 g/mol. The van der Waals surface area contributed by atoms with E-state index in [1.54, 1.807) is 23.2 Å². The van der Waals surface area contributed by atoms with Crippen molar-refractivity contribution < 1.29 is 14.7 Å². The number of anilines is 1. The van der Waals surface area contributed by atoms with Crippen molar-refractivity contribution in [3.8, 4) is 0 Å². The van der Waals surface area contributed by atoms with Crippen molar-refractivity contribution in [1.29, 1.82) is 0 Å². The number of carbonyl (C=O) groups is 2. The van der Waals surface area contributed by atoms with E-state index in [-0.39, 0.29) is 12.6 Å². The highest BCUT2D eigenvalue weighted by molar-refractivity contribution is 7.18. The largest absolute Gasteiger partial charge is 0.481 e. The molecule has 0 bridgehead atoms. The predicted molar refractivity (Wildman–Crippen MR) is 85.3 cm³/mol. The molecule has 2 amide bonds. The molecule has 1 saturated heterocycles. The normalized spacial score (nSPS) is 21.3. The first kappa shape index (κ1) is 14.8. The zero-order valence-corrected chi connectivity index (χ0v) is 13.2. The maximum atomic E-state index is 12.3. The van der Waals surface area contributed by atoms with Gasteiger partial charge in [-0.05, 0) is 38.5 Å². The van der Waals surface area contributed by atoms with E-state index in [1.165, 1.54) is 0 Å². The van der Waals surface area contributed by atoms with Crippen LogP contribution in [0.15, 0.2) is 18.2 Å². The summed E-state index contributed by atoms with van der Waals surface area (Å²) in [6.45, 7) is 4.31. The number of likely N-dealkylation sites (tertiary alicyclic amines) is 1. The highest BCUT2D eigenvalue weighted by Crippen LogP contribution is 2.31. The molecule has 6 nitrogen and oxygen atoms in total. The number of hydrogen-bond acceptors (Lipinski definition) is 4. The zero-order chi connectivity index (χ0) is 15.9. The summed E-state index contributed by atoms with van der Waals surface area (Å²) in [5, 5.41) is 13.0. The summed E-state index contributed by atoms with van der Waals surface area (Å²) in [6.07, 6.45) is 0.475. The number of aromatic nitrogens is 1. The second-order valence-corrected chi connectivity index (χ2v) is 7.12. The van der Waals surface area contributed by atoms with Crippen LogP contribution in [0.4, 0.5) is 10.5 Å². The van der Waals surface area contributed by atoms with E-state index in [0.717, 1.165) is 15.2 Å². The van der Waals surface area contributed by atoms with E-state index in [9.17, 15) is 14.7 Å². The second-order valence-electron chi connectivity index (χ2n) is 5.88. The van der Waals surface area contributed by atoms with Crippen molar-refractivity contribution in [2.45, 2.75) is 20.3 Å². The summed E-state index contributed by atoms with van der Waals surface area (Å²) in [4.78, 5) is 29.4. The Kier molecular flexibility index (Phi) is 3.52. The lowest BCUT2D eigenvalue weighted by Gasteiger charge is -2.20. The molecule has 1 fully saturated rings. The molecule has 2 heterocycles. The van der Waals surface area contributed by atoms with Crippen molar-refractivity contribution in [2.75, 3.05) is 18.4 Å². The first-order valence-electron chi connectivity index (χ1n) is 7.04. The van der Waals surface area contributed by atoms with E-state index >= 15 is 0 Å². The van der Waals surface area contributed by atoms with Gasteiger partial charge in [0, 0.05) is 18.8 Å². The van der Waals surface area contributed by atoms with Crippen LogP contribution < -0.4 is 5.32 Å². The van der Waals surface area contributed by atoms with Gasteiger partial charge in [-0.3, -0.25) is 4.79 Å². The topological polar surface area (TPSA) is 82.5 Å². The van der Waals surface area contributed by atoms with Crippen molar-refractivity contribution in [3.05, 3.63) is 23.2 Å². The van der Waals surface area contributed by atoms with Crippen LogP contribution in [-0.2, 0) is 4.79 Å². The molecule has 1 aliphatic rings. The number of urea groups is 1. The molecule has 1 aromatic heterocycles. The summed E-state index contributed by atoms with van der Waals surface area (Å²) < 4.78 is 1.02. The molecule has 116 valence electrons. The quantitative estimate of drug-likeness (QED) is 0.891. The SMILES string of the molecule is Cc1nc2ccc(NC(=O)N3CCC(C)(C(=O)O)C3)cc2s1. The Labute approximate surface area is 131 Å². The van der Waals surface area contributed by atoms with Gasteiger partial charge in [-0.25, -0.2) is 9.78 Å². The molecule has 1 atom stereocenters. The van der Waals surface area contributed by atoms with E-state index < -0.39 is 11.4 Å². The van der Waals surface area contributed by atoms with Gasteiger partial charge in [-0.15, -0.1) is 11.3 Å². The first-order valence-corrected chi connectivity index (χ1v) is 7.86. The van der Waals surface area contributed by atoms with Crippen LogP contribution in [0.25, 0.3) is 10.2 Å². The smallest absolute Gasteiger partial charge is 0.321 e. The number of thiazole rings is 1. The minimum atomic E-state index is -0.857. The van der Waals surface area contributed by atoms with Crippen molar-refractivity contribution in [3.63, 3.8) is 0 Å². The van der Waals surface area contributed by atoms with Crippen LogP contribution in [0.5, 0.6) is 0 Å². The summed E-state index contributed by atoms with van der Waals surface area (Å²) in [6, 6.07) is 5.32. The van der Waals surface area contributed by atoms with Crippen LogP contribution in [0.2, 0.25) is 0 Å². The molecule has 1 aliphatic heterocycles. The van der Waals surface area contributed by atoms with E-state index in [2.05, 4.69) is 10.3 Å². The van der Waals surface area contributed by atoms with Gasteiger partial charge < -0.3 is 15.3 Å². The van der Waals surface area contributed by atoms with Crippen LogP contribution in [0, 0.1) is 12.3 Å². The number of carbonyl (C=O) groups excluding carboxylic acids is 1. The monoisotopic (exact) mass is 319 g/mol. The van der Waals surface area contributed by atoms with Crippen molar-refractivity contribution >= 4 is 39.2 Å². The lowest BCUT2D eigenvalue weighted by Crippen LogP contribution is -2.37. The van der Waals surface area contributed by atoms with Crippen LogP contribution >= 0.6 is 11.3 Å². The van der Waals surface area contributed by atoms with Crippen LogP contribution in [0.1, 0.15) is 18.4 Å². The third-order valence-corrected chi connectivity index (χ3v) is 4.96. The highest BCUT2D eigenvalue weighted by Gasteiger charge is 2.42. The first-order chi connectivity index (χ1) is 10.4. The van der Waals surface area contributed by atoms with Gasteiger partial charge in [0.05, 0.1) is 20.6 Å². The average molecular weight is 319 g/mol. The number of fused-ring (bicyclic) bond motifs is 1. The third-order valence-electron chi connectivity index (χ3n) is 4.02. The molecule has 0 aliphatic carbocycles. The number of carboxylic acid groups (broad SMARTS) is 1. The number of carboxylic acids is 1. The number of nitrogens with zero attached hydrogens (tertiary/aromatic N) is 2. The Balaban J connectivity index is 1.72. The number of hydrogen-bond donors (Lipinski definition) is 2. The number of aryl methyl sites for hydroxylation is 1. The van der Waals surface area contributed by atoms with Gasteiger partial charge in [0.15, 0.2) is 0 Å². The zero-order valence-electron chi connectivity index (χ0n) is 12.4.